The first kappa shape index (κ1) is 22.6. The molecule has 33 heavy (non-hydrogen) atoms. The zero-order chi connectivity index (χ0) is 23.8. The lowest BCUT2D eigenvalue weighted by Gasteiger charge is -2.12. The number of alkyl halides is 3. The Morgan fingerprint density at radius 2 is 1.97 bits per heavy atom. The number of rotatable bonds is 7. The van der Waals surface area contributed by atoms with Crippen LogP contribution in [0, 0.1) is 18.7 Å². The van der Waals surface area contributed by atoms with Gasteiger partial charge in [-0.1, -0.05) is 6.07 Å². The fourth-order valence-electron chi connectivity index (χ4n) is 3.39. The van der Waals surface area contributed by atoms with E-state index in [0.29, 0.717) is 11.1 Å². The Morgan fingerprint density at radius 1 is 1.21 bits per heavy atom. The summed E-state index contributed by atoms with van der Waals surface area (Å²) in [5, 5.41) is 9.63. The highest BCUT2D eigenvalue weighted by atomic mass is 19.4. The molecule has 0 aliphatic heterocycles. The number of aryl methyl sites for hydroxylation is 1. The van der Waals surface area contributed by atoms with Crippen molar-refractivity contribution >= 4 is 17.5 Å². The van der Waals surface area contributed by atoms with E-state index in [1.807, 2.05) is 0 Å². The smallest absolute Gasteiger partial charge is 0.306 e. The lowest BCUT2D eigenvalue weighted by Crippen LogP contribution is -2.18. The first-order valence-corrected chi connectivity index (χ1v) is 10.2. The zero-order valence-electron chi connectivity index (χ0n) is 17.5. The summed E-state index contributed by atoms with van der Waals surface area (Å²) in [7, 11) is 0. The number of nitrogens with one attached hydrogen (secondary N) is 1. The maximum atomic E-state index is 14.5. The standard InChI is InChI=1S/C22H19F4N5O2/c1-12-7-16(23)15(8-14(12)9-18(32)13-5-6-13)21(33)29-19-4-2-3-17(28-19)20-30-27-11-31(20)10-22(24,25)26/h2-4,7-8,11,13H,5-6,9-10H2,1H3,(H,28,29,33). The SMILES string of the molecule is Cc1cc(F)c(C(=O)Nc2cccc(-c3nncn3CC(F)(F)F)n2)cc1CC(=O)C1CC1. The minimum atomic E-state index is -4.48. The van der Waals surface area contributed by atoms with Crippen LogP contribution in [-0.4, -0.2) is 37.6 Å². The van der Waals surface area contributed by atoms with E-state index in [0.717, 1.165) is 23.7 Å². The number of halogens is 4. The molecule has 1 amide bonds. The highest BCUT2D eigenvalue weighted by Gasteiger charge is 2.30. The number of benzene rings is 1. The Kier molecular flexibility index (Phi) is 5.96. The fourth-order valence-corrected chi connectivity index (χ4v) is 3.39. The molecule has 1 aromatic carbocycles. The van der Waals surface area contributed by atoms with E-state index >= 15 is 0 Å². The molecule has 3 aromatic rings. The van der Waals surface area contributed by atoms with Crippen LogP contribution in [0.2, 0.25) is 0 Å². The molecule has 1 aliphatic carbocycles. The Bertz CT molecular complexity index is 1220. The highest BCUT2D eigenvalue weighted by molar-refractivity contribution is 6.04. The van der Waals surface area contributed by atoms with Crippen LogP contribution in [0.25, 0.3) is 11.5 Å². The number of hydrogen-bond donors (Lipinski definition) is 1. The second-order valence-electron chi connectivity index (χ2n) is 7.94. The Morgan fingerprint density at radius 3 is 2.67 bits per heavy atom. The normalized spacial score (nSPS) is 13.7. The van der Waals surface area contributed by atoms with Crippen molar-refractivity contribution in [3.8, 4) is 11.5 Å². The van der Waals surface area contributed by atoms with E-state index in [-0.39, 0.29) is 41.0 Å². The van der Waals surface area contributed by atoms with E-state index in [2.05, 4.69) is 20.5 Å². The second kappa shape index (κ2) is 8.72. The van der Waals surface area contributed by atoms with Gasteiger partial charge in [0.15, 0.2) is 5.82 Å². The van der Waals surface area contributed by atoms with Crippen molar-refractivity contribution in [2.75, 3.05) is 5.32 Å². The molecule has 4 rings (SSSR count). The van der Waals surface area contributed by atoms with E-state index in [4.69, 9.17) is 0 Å². The Balaban J connectivity index is 1.55. The average molecular weight is 461 g/mol. The van der Waals surface area contributed by atoms with Crippen molar-refractivity contribution in [2.24, 2.45) is 5.92 Å². The number of hydrogen-bond acceptors (Lipinski definition) is 5. The molecular weight excluding hydrogens is 442 g/mol. The van der Waals surface area contributed by atoms with Gasteiger partial charge in [-0.25, -0.2) is 9.37 Å². The van der Waals surface area contributed by atoms with E-state index < -0.39 is 24.4 Å². The average Bonchev–Trinajstić information content (AvgIpc) is 3.49. The van der Waals surface area contributed by atoms with E-state index in [9.17, 15) is 27.2 Å². The van der Waals surface area contributed by atoms with Gasteiger partial charge in [0.1, 0.15) is 36.0 Å². The third-order valence-electron chi connectivity index (χ3n) is 5.25. The van der Waals surface area contributed by atoms with Gasteiger partial charge in [-0.05, 0) is 55.2 Å². The number of pyridine rings is 1. The first-order valence-electron chi connectivity index (χ1n) is 10.2. The largest absolute Gasteiger partial charge is 0.406 e. The quantitative estimate of drug-likeness (QED) is 0.535. The summed E-state index contributed by atoms with van der Waals surface area (Å²) in [4.78, 5) is 29.0. The molecule has 0 radical (unpaired) electrons. The Hall–Kier alpha value is -3.63. The summed E-state index contributed by atoms with van der Waals surface area (Å²) >= 11 is 0. The maximum absolute atomic E-state index is 14.5. The molecule has 7 nitrogen and oxygen atoms in total. The monoisotopic (exact) mass is 461 g/mol. The van der Waals surface area contributed by atoms with Crippen LogP contribution < -0.4 is 5.32 Å². The van der Waals surface area contributed by atoms with Gasteiger partial charge in [0.2, 0.25) is 0 Å². The minimum absolute atomic E-state index is 0.00496. The molecule has 0 unspecified atom stereocenters. The van der Waals surface area contributed by atoms with Crippen molar-refractivity contribution in [2.45, 2.75) is 38.9 Å². The highest BCUT2D eigenvalue weighted by Crippen LogP contribution is 2.31. The van der Waals surface area contributed by atoms with Crippen molar-refractivity contribution in [3.05, 3.63) is 59.2 Å². The van der Waals surface area contributed by atoms with Gasteiger partial charge in [-0.3, -0.25) is 9.59 Å². The number of carbonyl (C=O) groups excluding carboxylic acids is 2. The van der Waals surface area contributed by atoms with Crippen LogP contribution in [-0.2, 0) is 17.8 Å². The molecule has 0 bridgehead atoms. The topological polar surface area (TPSA) is 89.8 Å². The van der Waals surface area contributed by atoms with Crippen molar-refractivity contribution < 1.29 is 27.2 Å². The van der Waals surface area contributed by atoms with Crippen LogP contribution >= 0.6 is 0 Å². The third kappa shape index (κ3) is 5.41. The number of Topliss-reactive ketones (excluding diaryl/α,β-unsaturated/α-hetero) is 1. The summed E-state index contributed by atoms with van der Waals surface area (Å²) in [5.74, 6) is -1.59. The van der Waals surface area contributed by atoms with Crippen LogP contribution in [0.3, 0.4) is 0 Å². The van der Waals surface area contributed by atoms with Crippen LogP contribution in [0.15, 0.2) is 36.7 Å². The lowest BCUT2D eigenvalue weighted by atomic mass is 9.98. The molecular formula is C22H19F4N5O2. The molecule has 2 heterocycles. The van der Waals surface area contributed by atoms with Gasteiger partial charge < -0.3 is 9.88 Å². The second-order valence-corrected chi connectivity index (χ2v) is 7.94. The van der Waals surface area contributed by atoms with Gasteiger partial charge in [0, 0.05) is 12.3 Å². The molecule has 2 aromatic heterocycles. The molecule has 1 saturated carbocycles. The number of anilines is 1. The van der Waals surface area contributed by atoms with Gasteiger partial charge in [-0.15, -0.1) is 10.2 Å². The molecule has 0 atom stereocenters. The first-order chi connectivity index (χ1) is 15.6. The summed E-state index contributed by atoms with van der Waals surface area (Å²) in [6, 6.07) is 6.85. The van der Waals surface area contributed by atoms with E-state index in [1.165, 1.54) is 30.3 Å². The van der Waals surface area contributed by atoms with Crippen molar-refractivity contribution in [1.29, 1.82) is 0 Å². The number of carbonyl (C=O) groups is 2. The summed E-state index contributed by atoms with van der Waals surface area (Å²) in [6.45, 7) is 0.368. The molecule has 172 valence electrons. The van der Waals surface area contributed by atoms with Crippen molar-refractivity contribution in [3.63, 3.8) is 0 Å². The maximum Gasteiger partial charge on any atom is 0.406 e. The predicted octanol–water partition coefficient (Wildman–Crippen LogP) is 4.12. The van der Waals surface area contributed by atoms with Crippen LogP contribution in [0.4, 0.5) is 23.4 Å². The zero-order valence-corrected chi connectivity index (χ0v) is 17.5. The molecule has 0 spiro atoms. The van der Waals surface area contributed by atoms with Crippen molar-refractivity contribution in [1.82, 2.24) is 19.7 Å². The van der Waals surface area contributed by atoms with Gasteiger partial charge in [0.05, 0.1) is 5.56 Å². The molecule has 1 fully saturated rings. The van der Waals surface area contributed by atoms with Gasteiger partial charge >= 0.3 is 6.18 Å². The van der Waals surface area contributed by atoms with Gasteiger partial charge in [0.25, 0.3) is 5.91 Å². The summed E-state index contributed by atoms with van der Waals surface area (Å²) < 4.78 is 53.6. The lowest BCUT2D eigenvalue weighted by molar-refractivity contribution is -0.140. The van der Waals surface area contributed by atoms with Gasteiger partial charge in [-0.2, -0.15) is 13.2 Å². The fraction of sp³-hybridized carbons (Fsp3) is 0.318. The molecule has 1 aliphatic rings. The summed E-state index contributed by atoms with van der Waals surface area (Å²) in [6.07, 6.45) is -1.72. The third-order valence-corrected chi connectivity index (χ3v) is 5.25. The number of amides is 1. The van der Waals surface area contributed by atoms with Crippen LogP contribution in [0.1, 0.15) is 34.3 Å². The molecule has 1 N–H and O–H groups in total. The molecule has 0 saturated heterocycles. The summed E-state index contributed by atoms with van der Waals surface area (Å²) in [5.41, 5.74) is 0.934. The number of nitrogens with zero attached hydrogens (tertiary/aromatic N) is 4. The number of aromatic nitrogens is 4. The number of ketones is 1. The minimum Gasteiger partial charge on any atom is -0.306 e. The predicted molar refractivity (Wildman–Crippen MR) is 110 cm³/mol. The molecule has 11 heteroatoms. The van der Waals surface area contributed by atoms with Crippen LogP contribution in [0.5, 0.6) is 0 Å². The van der Waals surface area contributed by atoms with E-state index in [1.54, 1.807) is 6.92 Å². The Labute approximate surface area is 185 Å².